The van der Waals surface area contributed by atoms with Gasteiger partial charge in [-0.1, -0.05) is 18.2 Å². The van der Waals surface area contributed by atoms with E-state index in [1.807, 2.05) is 0 Å². The molecule has 29 heavy (non-hydrogen) atoms. The van der Waals surface area contributed by atoms with E-state index in [1.165, 1.54) is 53.8 Å². The summed E-state index contributed by atoms with van der Waals surface area (Å²) in [5.74, 6) is 1.96. The van der Waals surface area contributed by atoms with Crippen molar-refractivity contribution >= 4 is 33.1 Å². The molecule has 2 aromatic carbocycles. The van der Waals surface area contributed by atoms with Gasteiger partial charge in [-0.3, -0.25) is 4.90 Å². The molecule has 3 aromatic rings. The summed E-state index contributed by atoms with van der Waals surface area (Å²) in [5, 5.41) is 4.94. The summed E-state index contributed by atoms with van der Waals surface area (Å²) in [7, 11) is 0. The Labute approximate surface area is 176 Å². The lowest BCUT2D eigenvalue weighted by atomic mass is 9.81. The van der Waals surface area contributed by atoms with Crippen LogP contribution in [0.1, 0.15) is 35.4 Å². The Kier molecular flexibility index (Phi) is 4.46. The van der Waals surface area contributed by atoms with Gasteiger partial charge in [0.2, 0.25) is 0 Å². The van der Waals surface area contributed by atoms with Crippen molar-refractivity contribution in [3.05, 3.63) is 53.1 Å². The van der Waals surface area contributed by atoms with Crippen LogP contribution < -0.4 is 10.2 Å². The highest BCUT2D eigenvalue weighted by Crippen LogP contribution is 2.42. The van der Waals surface area contributed by atoms with Gasteiger partial charge in [0, 0.05) is 56.3 Å². The quantitative estimate of drug-likeness (QED) is 0.693. The predicted molar refractivity (Wildman–Crippen MR) is 123 cm³/mol. The lowest BCUT2D eigenvalue weighted by Gasteiger charge is -2.35. The van der Waals surface area contributed by atoms with Crippen molar-refractivity contribution in [2.24, 2.45) is 0 Å². The molecule has 150 valence electrons. The highest BCUT2D eigenvalue weighted by Gasteiger charge is 2.29. The Hall–Kier alpha value is -2.11. The van der Waals surface area contributed by atoms with Gasteiger partial charge in [-0.2, -0.15) is 4.37 Å². The van der Waals surface area contributed by atoms with E-state index in [-0.39, 0.29) is 0 Å². The maximum Gasteiger partial charge on any atom is 0.150 e. The molecule has 1 aliphatic carbocycles. The topological polar surface area (TPSA) is 31.4 Å². The van der Waals surface area contributed by atoms with E-state index in [2.05, 4.69) is 51.5 Å². The van der Waals surface area contributed by atoms with Crippen molar-refractivity contribution in [3.8, 4) is 0 Å². The molecule has 1 saturated heterocycles. The van der Waals surface area contributed by atoms with Gasteiger partial charge >= 0.3 is 0 Å². The molecular formula is C24H28N4S. The molecule has 0 radical (unpaired) electrons. The normalized spacial score (nSPS) is 21.4. The lowest BCUT2D eigenvalue weighted by molar-refractivity contribution is 0.260. The van der Waals surface area contributed by atoms with E-state index in [0.29, 0.717) is 0 Å². The summed E-state index contributed by atoms with van der Waals surface area (Å²) < 4.78 is 6.04. The zero-order valence-electron chi connectivity index (χ0n) is 16.9. The van der Waals surface area contributed by atoms with Crippen LogP contribution in [0.2, 0.25) is 0 Å². The number of aromatic nitrogens is 1. The molecule has 1 aromatic heterocycles. The van der Waals surface area contributed by atoms with Gasteiger partial charge in [-0.15, -0.1) is 0 Å². The van der Waals surface area contributed by atoms with E-state index in [1.54, 1.807) is 28.2 Å². The van der Waals surface area contributed by atoms with Gasteiger partial charge in [0.15, 0.2) is 0 Å². The van der Waals surface area contributed by atoms with Crippen molar-refractivity contribution in [1.82, 2.24) is 9.27 Å². The van der Waals surface area contributed by atoms with Crippen LogP contribution in [0.15, 0.2) is 36.4 Å². The molecule has 0 saturated carbocycles. The zero-order chi connectivity index (χ0) is 19.2. The first kappa shape index (κ1) is 17.7. The van der Waals surface area contributed by atoms with Crippen LogP contribution in [0.5, 0.6) is 0 Å². The van der Waals surface area contributed by atoms with Crippen LogP contribution >= 0.6 is 11.5 Å². The third-order valence-electron chi connectivity index (χ3n) is 7.11. The van der Waals surface area contributed by atoms with Gasteiger partial charge in [-0.05, 0) is 72.1 Å². The van der Waals surface area contributed by atoms with Crippen LogP contribution in [0.25, 0.3) is 10.1 Å². The minimum absolute atomic E-state index is 0.769. The maximum atomic E-state index is 4.75. The number of nitrogens with zero attached hydrogens (tertiary/aromatic N) is 3. The van der Waals surface area contributed by atoms with Gasteiger partial charge in [0.05, 0.1) is 4.70 Å². The van der Waals surface area contributed by atoms with E-state index < -0.39 is 0 Å². The van der Waals surface area contributed by atoms with E-state index >= 15 is 0 Å². The summed E-state index contributed by atoms with van der Waals surface area (Å²) in [5.41, 5.74) is 6.35. The molecule has 1 N–H and O–H groups in total. The first-order valence-corrected chi connectivity index (χ1v) is 11.8. The van der Waals surface area contributed by atoms with Gasteiger partial charge in [0.1, 0.15) is 5.82 Å². The third kappa shape index (κ3) is 3.11. The standard InChI is InChI=1S/C24H28N4S/c1-2-7-22-20(5-1)24(26-29-22)28-14-12-27(13-15-28)11-10-17-8-9-21-23-18(16-25-21)4-3-6-19(17)23/h1-2,5,7-9,18,25H,3-4,6,10-16H2. The molecule has 1 atom stereocenters. The van der Waals surface area contributed by atoms with E-state index in [0.717, 1.165) is 38.6 Å². The first-order chi connectivity index (χ1) is 14.4. The van der Waals surface area contributed by atoms with Crippen molar-refractivity contribution < 1.29 is 0 Å². The Balaban J connectivity index is 1.11. The Bertz CT molecular complexity index is 1030. The van der Waals surface area contributed by atoms with Crippen molar-refractivity contribution in [1.29, 1.82) is 0 Å². The molecule has 6 rings (SSSR count). The monoisotopic (exact) mass is 404 g/mol. The van der Waals surface area contributed by atoms with Crippen LogP contribution in [-0.4, -0.2) is 48.5 Å². The molecule has 3 heterocycles. The van der Waals surface area contributed by atoms with E-state index in [4.69, 9.17) is 4.37 Å². The maximum absolute atomic E-state index is 4.75. The molecule has 0 spiro atoms. The number of fused-ring (bicyclic) bond motifs is 1. The minimum atomic E-state index is 0.769. The average Bonchev–Trinajstić information content (AvgIpc) is 3.39. The largest absolute Gasteiger partial charge is 0.384 e. The van der Waals surface area contributed by atoms with Crippen molar-refractivity contribution in [2.75, 3.05) is 49.5 Å². The number of anilines is 2. The Morgan fingerprint density at radius 1 is 1.07 bits per heavy atom. The molecule has 0 bridgehead atoms. The number of benzene rings is 2. The second kappa shape index (κ2) is 7.29. The molecule has 5 heteroatoms. The summed E-state index contributed by atoms with van der Waals surface area (Å²) in [6, 6.07) is 13.3. The summed E-state index contributed by atoms with van der Waals surface area (Å²) in [6.07, 6.45) is 5.19. The van der Waals surface area contributed by atoms with Crippen LogP contribution in [-0.2, 0) is 12.8 Å². The van der Waals surface area contributed by atoms with Crippen LogP contribution in [0, 0.1) is 0 Å². The first-order valence-electron chi connectivity index (χ1n) is 11.1. The van der Waals surface area contributed by atoms with Gasteiger partial charge in [-0.25, -0.2) is 0 Å². The molecule has 1 fully saturated rings. The number of nitrogens with one attached hydrogen (secondary N) is 1. The molecule has 3 aliphatic rings. The summed E-state index contributed by atoms with van der Waals surface area (Å²) in [6.45, 7) is 6.76. The highest BCUT2D eigenvalue weighted by atomic mass is 32.1. The summed E-state index contributed by atoms with van der Waals surface area (Å²) >= 11 is 1.62. The Morgan fingerprint density at radius 2 is 1.97 bits per heavy atom. The molecule has 2 aliphatic heterocycles. The minimum Gasteiger partial charge on any atom is -0.384 e. The second-order valence-corrected chi connectivity index (χ2v) is 9.52. The molecule has 1 unspecified atom stereocenters. The SMILES string of the molecule is c1ccc2c(N3CCN(CCc4ccc5c6c4CCCC6CN5)CC3)nsc2c1. The van der Waals surface area contributed by atoms with Crippen LogP contribution in [0.3, 0.4) is 0 Å². The fraction of sp³-hybridized carbons (Fsp3) is 0.458. The average molecular weight is 405 g/mol. The second-order valence-electron chi connectivity index (χ2n) is 8.72. The molecular weight excluding hydrogens is 376 g/mol. The number of hydrogen-bond acceptors (Lipinski definition) is 5. The number of piperazine rings is 1. The predicted octanol–water partition coefficient (Wildman–Crippen LogP) is 4.51. The van der Waals surface area contributed by atoms with Crippen molar-refractivity contribution in [3.63, 3.8) is 0 Å². The Morgan fingerprint density at radius 3 is 2.90 bits per heavy atom. The van der Waals surface area contributed by atoms with Crippen LogP contribution in [0.4, 0.5) is 11.5 Å². The van der Waals surface area contributed by atoms with E-state index in [9.17, 15) is 0 Å². The molecule has 4 nitrogen and oxygen atoms in total. The number of rotatable bonds is 4. The highest BCUT2D eigenvalue weighted by molar-refractivity contribution is 7.13. The smallest absolute Gasteiger partial charge is 0.150 e. The lowest BCUT2D eigenvalue weighted by Crippen LogP contribution is -2.47. The van der Waals surface area contributed by atoms with Crippen molar-refractivity contribution in [2.45, 2.75) is 31.6 Å². The zero-order valence-corrected chi connectivity index (χ0v) is 17.7. The third-order valence-corrected chi connectivity index (χ3v) is 7.93. The molecule has 0 amide bonds. The summed E-state index contributed by atoms with van der Waals surface area (Å²) in [4.78, 5) is 5.12. The fourth-order valence-electron chi connectivity index (χ4n) is 5.53. The van der Waals surface area contributed by atoms with Gasteiger partial charge in [0.25, 0.3) is 0 Å². The number of hydrogen-bond donors (Lipinski definition) is 1. The van der Waals surface area contributed by atoms with Gasteiger partial charge < -0.3 is 10.2 Å². The fourth-order valence-corrected chi connectivity index (χ4v) is 6.32.